The number of hydrogen-bond donors (Lipinski definition) is 0. The van der Waals surface area contributed by atoms with Crippen LogP contribution in [0, 0.1) is 6.92 Å². The maximum Gasteiger partial charge on any atom is 0.268 e. The summed E-state index contributed by atoms with van der Waals surface area (Å²) in [7, 11) is -3.73. The van der Waals surface area contributed by atoms with E-state index in [0.717, 1.165) is 35.2 Å². The fraction of sp³-hybridized carbons (Fsp3) is 0.455. The van der Waals surface area contributed by atoms with Gasteiger partial charge in [0.25, 0.3) is 10.0 Å². The molecule has 0 aromatic heterocycles. The van der Waals surface area contributed by atoms with Crippen molar-refractivity contribution in [2.45, 2.75) is 64.3 Å². The van der Waals surface area contributed by atoms with Crippen LogP contribution in [0.3, 0.4) is 0 Å². The summed E-state index contributed by atoms with van der Waals surface area (Å²) >= 11 is 0. The number of aryl methyl sites for hydroxylation is 1. The van der Waals surface area contributed by atoms with E-state index >= 15 is 0 Å². The quantitative estimate of drug-likeness (QED) is 0.697. The van der Waals surface area contributed by atoms with E-state index in [2.05, 4.69) is 13.8 Å². The van der Waals surface area contributed by atoms with E-state index in [1.807, 2.05) is 57.2 Å². The Morgan fingerprint density at radius 2 is 1.93 bits per heavy atom. The van der Waals surface area contributed by atoms with Gasteiger partial charge in [0.15, 0.2) is 0 Å². The predicted molar refractivity (Wildman–Crippen MR) is 110 cm³/mol. The Kier molecular flexibility index (Phi) is 5.52. The van der Waals surface area contributed by atoms with E-state index < -0.39 is 10.0 Å². The maximum absolute atomic E-state index is 13.7. The molecule has 2 aromatic carbocycles. The van der Waals surface area contributed by atoms with Gasteiger partial charge in [0.05, 0.1) is 12.3 Å². The Labute approximate surface area is 163 Å². The molecule has 146 valence electrons. The van der Waals surface area contributed by atoms with Gasteiger partial charge in [0.1, 0.15) is 10.6 Å². The van der Waals surface area contributed by atoms with Gasteiger partial charge in [0, 0.05) is 6.04 Å². The fourth-order valence-electron chi connectivity index (χ4n) is 3.84. The molecular formula is C22H29NO3S. The third-order valence-corrected chi connectivity index (χ3v) is 7.05. The van der Waals surface area contributed by atoms with Gasteiger partial charge in [-0.25, -0.2) is 8.42 Å². The minimum absolute atomic E-state index is 0.116. The topological polar surface area (TPSA) is 46.6 Å². The van der Waals surface area contributed by atoms with E-state index in [-0.39, 0.29) is 16.9 Å². The maximum atomic E-state index is 13.7. The smallest absolute Gasteiger partial charge is 0.268 e. The SMILES string of the molecule is CCCOc1cc(C)c(C(C)C)cc1S(=O)(=O)N1c2ccccc2CC1C. The van der Waals surface area contributed by atoms with Gasteiger partial charge >= 0.3 is 0 Å². The number of anilines is 1. The highest BCUT2D eigenvalue weighted by Gasteiger charge is 2.37. The lowest BCUT2D eigenvalue weighted by molar-refractivity contribution is 0.309. The fourth-order valence-corrected chi connectivity index (χ4v) is 5.68. The Balaban J connectivity index is 2.17. The lowest BCUT2D eigenvalue weighted by Crippen LogP contribution is -2.36. The molecule has 1 heterocycles. The van der Waals surface area contributed by atoms with Crippen LogP contribution in [0.4, 0.5) is 5.69 Å². The van der Waals surface area contributed by atoms with Crippen molar-refractivity contribution in [2.24, 2.45) is 0 Å². The average Bonchev–Trinajstić information content (AvgIpc) is 2.95. The third-order valence-electron chi connectivity index (χ3n) is 5.10. The molecule has 1 atom stereocenters. The third kappa shape index (κ3) is 3.57. The summed E-state index contributed by atoms with van der Waals surface area (Å²) in [5.41, 5.74) is 3.95. The van der Waals surface area contributed by atoms with Crippen molar-refractivity contribution < 1.29 is 13.2 Å². The Bertz CT molecular complexity index is 935. The zero-order valence-corrected chi connectivity index (χ0v) is 17.6. The summed E-state index contributed by atoms with van der Waals surface area (Å²) in [5, 5.41) is 0. The highest BCUT2D eigenvalue weighted by Crippen LogP contribution is 2.40. The van der Waals surface area contributed by atoms with E-state index in [9.17, 15) is 8.42 Å². The van der Waals surface area contributed by atoms with Gasteiger partial charge < -0.3 is 4.74 Å². The first-order valence-electron chi connectivity index (χ1n) is 9.67. The van der Waals surface area contributed by atoms with Gasteiger partial charge in [0.2, 0.25) is 0 Å². The molecule has 0 aliphatic carbocycles. The van der Waals surface area contributed by atoms with Crippen LogP contribution in [-0.4, -0.2) is 21.1 Å². The Morgan fingerprint density at radius 3 is 2.59 bits per heavy atom. The van der Waals surface area contributed by atoms with Crippen molar-refractivity contribution in [3.8, 4) is 5.75 Å². The molecule has 2 aromatic rings. The zero-order valence-electron chi connectivity index (χ0n) is 16.8. The molecule has 0 fully saturated rings. The van der Waals surface area contributed by atoms with Crippen LogP contribution in [0.5, 0.6) is 5.75 Å². The van der Waals surface area contributed by atoms with Crippen LogP contribution < -0.4 is 9.04 Å². The van der Waals surface area contributed by atoms with Gasteiger partial charge in [-0.15, -0.1) is 0 Å². The number of para-hydroxylation sites is 1. The number of hydrogen-bond acceptors (Lipinski definition) is 3. The van der Waals surface area contributed by atoms with Crippen LogP contribution in [0.25, 0.3) is 0 Å². The van der Waals surface area contributed by atoms with Crippen molar-refractivity contribution in [1.29, 1.82) is 0 Å². The standard InChI is InChI=1S/C22H29NO3S/c1-6-11-26-21-12-16(4)19(15(2)3)14-22(21)27(24,25)23-17(5)13-18-9-7-8-10-20(18)23/h7-10,12,14-15,17H,6,11,13H2,1-5H3. The predicted octanol–water partition coefficient (Wildman–Crippen LogP) is 5.05. The Hall–Kier alpha value is -2.01. The van der Waals surface area contributed by atoms with Crippen molar-refractivity contribution in [3.63, 3.8) is 0 Å². The van der Waals surface area contributed by atoms with Crippen molar-refractivity contribution >= 4 is 15.7 Å². The highest BCUT2D eigenvalue weighted by molar-refractivity contribution is 7.93. The molecule has 0 saturated heterocycles. The van der Waals surface area contributed by atoms with E-state index in [1.165, 1.54) is 0 Å². The van der Waals surface area contributed by atoms with Crippen LogP contribution in [0.2, 0.25) is 0 Å². The highest BCUT2D eigenvalue weighted by atomic mass is 32.2. The average molecular weight is 388 g/mol. The lowest BCUT2D eigenvalue weighted by Gasteiger charge is -2.26. The largest absolute Gasteiger partial charge is 0.492 e. The number of fused-ring (bicyclic) bond motifs is 1. The van der Waals surface area contributed by atoms with Gasteiger partial charge in [-0.1, -0.05) is 39.0 Å². The van der Waals surface area contributed by atoms with E-state index in [0.29, 0.717) is 12.4 Å². The first kappa shape index (κ1) is 19.7. The molecule has 0 radical (unpaired) electrons. The van der Waals surface area contributed by atoms with Crippen molar-refractivity contribution in [3.05, 3.63) is 53.1 Å². The van der Waals surface area contributed by atoms with Crippen molar-refractivity contribution in [2.75, 3.05) is 10.9 Å². The number of ether oxygens (including phenoxy) is 1. The molecular weight excluding hydrogens is 358 g/mol. The number of sulfonamides is 1. The minimum Gasteiger partial charge on any atom is -0.492 e. The van der Waals surface area contributed by atoms with Crippen LogP contribution in [-0.2, 0) is 16.4 Å². The Morgan fingerprint density at radius 1 is 1.22 bits per heavy atom. The first-order valence-corrected chi connectivity index (χ1v) is 11.1. The normalized spacial score (nSPS) is 16.7. The molecule has 1 aliphatic rings. The molecule has 3 rings (SSSR count). The molecule has 0 N–H and O–H groups in total. The minimum atomic E-state index is -3.73. The molecule has 0 bridgehead atoms. The number of benzene rings is 2. The second kappa shape index (κ2) is 7.55. The molecule has 1 unspecified atom stereocenters. The number of nitrogens with zero attached hydrogens (tertiary/aromatic N) is 1. The summed E-state index contributed by atoms with van der Waals surface area (Å²) in [6, 6.07) is 11.3. The second-order valence-electron chi connectivity index (χ2n) is 7.64. The van der Waals surface area contributed by atoms with Gasteiger partial charge in [-0.05, 0) is 67.5 Å². The van der Waals surface area contributed by atoms with Crippen LogP contribution in [0.15, 0.2) is 41.3 Å². The summed E-state index contributed by atoms with van der Waals surface area (Å²) in [6.07, 6.45) is 1.55. The van der Waals surface area contributed by atoms with Crippen LogP contribution in [0.1, 0.15) is 56.7 Å². The van der Waals surface area contributed by atoms with Gasteiger partial charge in [-0.2, -0.15) is 0 Å². The molecule has 5 heteroatoms. The molecule has 1 aliphatic heterocycles. The number of rotatable bonds is 6. The first-order chi connectivity index (χ1) is 12.8. The van der Waals surface area contributed by atoms with Gasteiger partial charge in [-0.3, -0.25) is 4.31 Å². The molecule has 0 amide bonds. The molecule has 27 heavy (non-hydrogen) atoms. The van der Waals surface area contributed by atoms with E-state index in [4.69, 9.17) is 4.74 Å². The lowest BCUT2D eigenvalue weighted by atomic mass is 9.98. The second-order valence-corrected chi connectivity index (χ2v) is 9.42. The van der Waals surface area contributed by atoms with Crippen LogP contribution >= 0.6 is 0 Å². The summed E-state index contributed by atoms with van der Waals surface area (Å²) in [5.74, 6) is 0.692. The zero-order chi connectivity index (χ0) is 19.8. The summed E-state index contributed by atoms with van der Waals surface area (Å²) < 4.78 is 34.9. The van der Waals surface area contributed by atoms with Crippen molar-refractivity contribution in [1.82, 2.24) is 0 Å². The summed E-state index contributed by atoms with van der Waals surface area (Å²) in [6.45, 7) is 10.6. The molecule has 0 saturated carbocycles. The van der Waals surface area contributed by atoms with E-state index in [1.54, 1.807) is 4.31 Å². The summed E-state index contributed by atoms with van der Waals surface area (Å²) in [4.78, 5) is 0.272. The molecule has 0 spiro atoms. The monoisotopic (exact) mass is 387 g/mol. The molecule has 4 nitrogen and oxygen atoms in total.